The van der Waals surface area contributed by atoms with E-state index < -0.39 is 6.61 Å². The lowest BCUT2D eigenvalue weighted by Crippen LogP contribution is -2.44. The van der Waals surface area contributed by atoms with Gasteiger partial charge in [0, 0.05) is 24.6 Å². The third kappa shape index (κ3) is 4.81. The van der Waals surface area contributed by atoms with E-state index in [1.807, 2.05) is 19.9 Å². The number of ether oxygens (including phenoxy) is 1. The van der Waals surface area contributed by atoms with Gasteiger partial charge in [-0.15, -0.1) is 0 Å². The zero-order valence-electron chi connectivity index (χ0n) is 21.0. The molecule has 0 aliphatic carbocycles. The van der Waals surface area contributed by atoms with Crippen LogP contribution in [-0.2, 0) is 19.5 Å². The zero-order valence-corrected chi connectivity index (χ0v) is 22.5. The number of carbonyl (C=O) groups excluding carboxylic acids is 2. The lowest BCUT2D eigenvalue weighted by Gasteiger charge is -2.35. The van der Waals surface area contributed by atoms with E-state index in [2.05, 4.69) is 9.84 Å². The van der Waals surface area contributed by atoms with Crippen LogP contribution in [0.15, 0.2) is 36.4 Å². The fourth-order valence-corrected chi connectivity index (χ4v) is 5.70. The maximum absolute atomic E-state index is 13.7. The lowest BCUT2D eigenvalue weighted by molar-refractivity contribution is -0.0498. The highest BCUT2D eigenvalue weighted by Gasteiger charge is 2.39. The standard InChI is InChI=1S/C27H23Cl2F2N5O3/c1-14-11-22-20(13-35(14)25(37)18-7-8-21(28)19(12-32)23(18)29)24-26(38)34(9-10-36(24)33-22)15(2)16-3-5-17(6-4-16)39-27(30)31/h3-8,14-15,27H,9-11,13H2,1-2H3/t14-,15?/m1/s1. The number of benzene rings is 2. The smallest absolute Gasteiger partial charge is 0.387 e. The number of halogens is 4. The maximum Gasteiger partial charge on any atom is 0.387 e. The van der Waals surface area contributed by atoms with Crippen LogP contribution in [0.25, 0.3) is 0 Å². The van der Waals surface area contributed by atoms with E-state index in [1.165, 1.54) is 24.3 Å². The quantitative estimate of drug-likeness (QED) is 0.403. The summed E-state index contributed by atoms with van der Waals surface area (Å²) < 4.78 is 31.1. The molecule has 39 heavy (non-hydrogen) atoms. The molecule has 202 valence electrons. The van der Waals surface area contributed by atoms with Gasteiger partial charge in [-0.05, 0) is 43.7 Å². The molecule has 1 unspecified atom stereocenters. The van der Waals surface area contributed by atoms with E-state index in [0.717, 1.165) is 11.3 Å². The van der Waals surface area contributed by atoms with E-state index in [1.54, 1.807) is 26.6 Å². The van der Waals surface area contributed by atoms with Gasteiger partial charge in [-0.2, -0.15) is 19.1 Å². The van der Waals surface area contributed by atoms with Crippen molar-refractivity contribution in [3.63, 3.8) is 0 Å². The molecule has 0 radical (unpaired) electrons. The summed E-state index contributed by atoms with van der Waals surface area (Å²) >= 11 is 12.4. The molecule has 2 amide bonds. The van der Waals surface area contributed by atoms with Crippen molar-refractivity contribution in [3.8, 4) is 11.8 Å². The summed E-state index contributed by atoms with van der Waals surface area (Å²) in [7, 11) is 0. The molecule has 2 aliphatic rings. The average Bonchev–Trinajstić information content (AvgIpc) is 3.26. The monoisotopic (exact) mass is 573 g/mol. The molecule has 12 heteroatoms. The third-order valence-electron chi connectivity index (χ3n) is 7.25. The first-order valence-corrected chi connectivity index (χ1v) is 13.0. The van der Waals surface area contributed by atoms with E-state index in [-0.39, 0.29) is 57.4 Å². The Balaban J connectivity index is 1.42. The van der Waals surface area contributed by atoms with Crippen LogP contribution in [0, 0.1) is 11.3 Å². The summed E-state index contributed by atoms with van der Waals surface area (Å²) in [5.74, 6) is -0.556. The highest BCUT2D eigenvalue weighted by molar-refractivity contribution is 6.38. The van der Waals surface area contributed by atoms with E-state index >= 15 is 0 Å². The summed E-state index contributed by atoms with van der Waals surface area (Å²) in [5.41, 5.74) is 2.82. The molecule has 0 N–H and O–H groups in total. The molecule has 8 nitrogen and oxygen atoms in total. The predicted octanol–water partition coefficient (Wildman–Crippen LogP) is 5.47. The van der Waals surface area contributed by atoms with Gasteiger partial charge in [0.1, 0.15) is 17.5 Å². The Morgan fingerprint density at radius 1 is 1.18 bits per heavy atom. The molecule has 0 spiro atoms. The summed E-state index contributed by atoms with van der Waals surface area (Å²) in [6, 6.07) is 10.5. The van der Waals surface area contributed by atoms with Gasteiger partial charge in [-0.3, -0.25) is 14.3 Å². The van der Waals surface area contributed by atoms with E-state index in [9.17, 15) is 23.6 Å². The minimum Gasteiger partial charge on any atom is -0.435 e. The highest BCUT2D eigenvalue weighted by Crippen LogP contribution is 2.34. The second kappa shape index (κ2) is 10.5. The highest BCUT2D eigenvalue weighted by atomic mass is 35.5. The molecule has 3 heterocycles. The maximum atomic E-state index is 13.7. The Bertz CT molecular complexity index is 1500. The number of rotatable bonds is 5. The molecule has 1 aromatic heterocycles. The normalized spacial score (nSPS) is 17.5. The van der Waals surface area contributed by atoms with Crippen LogP contribution in [0.5, 0.6) is 5.75 Å². The second-order valence-corrected chi connectivity index (χ2v) is 10.3. The molecular formula is C27H23Cl2F2N5O3. The Hall–Kier alpha value is -3.68. The van der Waals surface area contributed by atoms with Crippen molar-refractivity contribution in [1.29, 1.82) is 5.26 Å². The zero-order chi connectivity index (χ0) is 28.0. The minimum absolute atomic E-state index is 0.00826. The molecule has 0 bridgehead atoms. The number of hydrogen-bond donors (Lipinski definition) is 0. The summed E-state index contributed by atoms with van der Waals surface area (Å²) in [4.78, 5) is 30.6. The van der Waals surface area contributed by atoms with Crippen molar-refractivity contribution >= 4 is 35.0 Å². The van der Waals surface area contributed by atoms with Crippen LogP contribution >= 0.6 is 23.2 Å². The van der Waals surface area contributed by atoms with Crippen LogP contribution in [0.4, 0.5) is 8.78 Å². The van der Waals surface area contributed by atoms with Crippen LogP contribution in [0.2, 0.25) is 10.0 Å². The number of aromatic nitrogens is 2. The molecule has 2 aliphatic heterocycles. The van der Waals surface area contributed by atoms with E-state index in [0.29, 0.717) is 30.8 Å². The topological polar surface area (TPSA) is 91.5 Å². The van der Waals surface area contributed by atoms with Crippen molar-refractivity contribution in [3.05, 3.63) is 80.1 Å². The SMILES string of the molecule is CC(c1ccc(OC(F)F)cc1)N1CCn2nc3c(c2C1=O)CN(C(=O)c1ccc(Cl)c(C#N)c1Cl)[C@H](C)C3. The van der Waals surface area contributed by atoms with Crippen LogP contribution in [0.1, 0.15) is 63.1 Å². The fourth-order valence-electron chi connectivity index (χ4n) is 5.16. The predicted molar refractivity (Wildman–Crippen MR) is 139 cm³/mol. The molecule has 3 aromatic rings. The molecular weight excluding hydrogens is 551 g/mol. The first kappa shape index (κ1) is 26.9. The number of amides is 2. The molecule has 0 fully saturated rings. The van der Waals surface area contributed by atoms with Gasteiger partial charge in [0.25, 0.3) is 11.8 Å². The minimum atomic E-state index is -2.92. The van der Waals surface area contributed by atoms with Gasteiger partial charge >= 0.3 is 6.61 Å². The lowest BCUT2D eigenvalue weighted by atomic mass is 9.97. The molecule has 2 atom stereocenters. The van der Waals surface area contributed by atoms with Crippen molar-refractivity contribution < 1.29 is 23.1 Å². The third-order valence-corrected chi connectivity index (χ3v) is 7.96. The van der Waals surface area contributed by atoms with Crippen molar-refractivity contribution in [2.45, 2.75) is 52.1 Å². The average molecular weight is 574 g/mol. The van der Waals surface area contributed by atoms with Crippen molar-refractivity contribution in [1.82, 2.24) is 19.6 Å². The Kier molecular flexibility index (Phi) is 7.23. The van der Waals surface area contributed by atoms with Gasteiger partial charge in [-0.25, -0.2) is 0 Å². The molecule has 0 saturated carbocycles. The molecule has 5 rings (SSSR count). The summed E-state index contributed by atoms with van der Waals surface area (Å²) in [5, 5.41) is 14.2. The first-order chi connectivity index (χ1) is 18.6. The summed E-state index contributed by atoms with van der Waals surface area (Å²) in [6.07, 6.45) is 0.450. The van der Waals surface area contributed by atoms with Gasteiger partial charge in [0.05, 0.1) is 46.0 Å². The van der Waals surface area contributed by atoms with Gasteiger partial charge in [-0.1, -0.05) is 35.3 Å². The van der Waals surface area contributed by atoms with Crippen molar-refractivity contribution in [2.75, 3.05) is 6.54 Å². The number of carbonyl (C=O) groups is 2. The second-order valence-electron chi connectivity index (χ2n) is 9.50. The Labute approximate surface area is 233 Å². The van der Waals surface area contributed by atoms with E-state index in [4.69, 9.17) is 23.2 Å². The van der Waals surface area contributed by atoms with Gasteiger partial charge in [0.15, 0.2) is 0 Å². The van der Waals surface area contributed by atoms with Crippen LogP contribution in [-0.4, -0.2) is 50.6 Å². The number of nitrogens with zero attached hydrogens (tertiary/aromatic N) is 5. The Morgan fingerprint density at radius 3 is 2.56 bits per heavy atom. The fraction of sp³-hybridized carbons (Fsp3) is 0.333. The van der Waals surface area contributed by atoms with Crippen molar-refractivity contribution in [2.24, 2.45) is 0 Å². The number of nitriles is 1. The van der Waals surface area contributed by atoms with Gasteiger partial charge in [0.2, 0.25) is 0 Å². The Morgan fingerprint density at radius 2 is 1.90 bits per heavy atom. The molecule has 0 saturated heterocycles. The first-order valence-electron chi connectivity index (χ1n) is 12.2. The van der Waals surface area contributed by atoms with Gasteiger partial charge < -0.3 is 14.5 Å². The summed E-state index contributed by atoms with van der Waals surface area (Å²) in [6.45, 7) is 1.89. The number of hydrogen-bond acceptors (Lipinski definition) is 5. The number of fused-ring (bicyclic) bond motifs is 3. The van der Waals surface area contributed by atoms with Crippen LogP contribution < -0.4 is 4.74 Å². The van der Waals surface area contributed by atoms with Crippen LogP contribution in [0.3, 0.4) is 0 Å². The number of alkyl halides is 2. The molecule has 2 aromatic carbocycles. The largest absolute Gasteiger partial charge is 0.435 e.